The summed E-state index contributed by atoms with van der Waals surface area (Å²) in [6.07, 6.45) is 0. The van der Waals surface area contributed by atoms with Gasteiger partial charge in [-0.15, -0.1) is 5.10 Å². The number of hydrogen-bond donors (Lipinski definition) is 1. The van der Waals surface area contributed by atoms with E-state index in [1.807, 2.05) is 64.1 Å². The molecule has 0 atom stereocenters. The first-order chi connectivity index (χ1) is 14.8. The number of benzene rings is 3. The zero-order valence-electron chi connectivity index (χ0n) is 17.9. The van der Waals surface area contributed by atoms with E-state index < -0.39 is 5.91 Å². The van der Waals surface area contributed by atoms with Gasteiger partial charge in [0.15, 0.2) is 5.82 Å². The summed E-state index contributed by atoms with van der Waals surface area (Å²) in [5.41, 5.74) is 6.36. The van der Waals surface area contributed by atoms with Crippen molar-refractivity contribution >= 4 is 11.6 Å². The molecule has 0 unspecified atom stereocenters. The Hall–Kier alpha value is -3.80. The number of para-hydroxylation sites is 1. The lowest BCUT2D eigenvalue weighted by Crippen LogP contribution is -2.16. The Morgan fingerprint density at radius 1 is 0.871 bits per heavy atom. The van der Waals surface area contributed by atoms with Crippen LogP contribution < -0.4 is 5.32 Å². The summed E-state index contributed by atoms with van der Waals surface area (Å²) in [7, 11) is 0. The van der Waals surface area contributed by atoms with Crippen LogP contribution in [0.2, 0.25) is 0 Å². The molecule has 0 aliphatic heterocycles. The highest BCUT2D eigenvalue weighted by Crippen LogP contribution is 2.24. The predicted octanol–water partition coefficient (Wildman–Crippen LogP) is 5.56. The smallest absolute Gasteiger partial charge is 0.295 e. The Kier molecular flexibility index (Phi) is 5.38. The number of hydrogen-bond acceptors (Lipinski definition) is 3. The van der Waals surface area contributed by atoms with Crippen molar-refractivity contribution in [3.8, 4) is 17.1 Å². The molecule has 0 saturated carbocycles. The first kappa shape index (κ1) is 20.5. The molecule has 1 amide bonds. The fraction of sp³-hybridized carbons (Fsp3) is 0.160. The van der Waals surface area contributed by atoms with Gasteiger partial charge >= 0.3 is 0 Å². The molecule has 0 aliphatic rings. The highest BCUT2D eigenvalue weighted by molar-refractivity contribution is 6.02. The molecule has 0 bridgehead atoms. The molecular weight excluding hydrogens is 391 g/mol. The molecule has 0 aliphatic carbocycles. The van der Waals surface area contributed by atoms with E-state index in [0.29, 0.717) is 11.4 Å². The lowest BCUT2D eigenvalue weighted by molar-refractivity contribution is 0.101. The van der Waals surface area contributed by atoms with Gasteiger partial charge in [0.05, 0.1) is 5.69 Å². The Morgan fingerprint density at radius 2 is 1.55 bits per heavy atom. The second-order valence-corrected chi connectivity index (χ2v) is 7.67. The molecule has 1 aromatic heterocycles. The van der Waals surface area contributed by atoms with Crippen molar-refractivity contribution in [1.82, 2.24) is 14.8 Å². The predicted molar refractivity (Wildman–Crippen MR) is 120 cm³/mol. The van der Waals surface area contributed by atoms with Crippen molar-refractivity contribution in [3.05, 3.63) is 94.6 Å². The van der Waals surface area contributed by atoms with Crippen molar-refractivity contribution in [2.45, 2.75) is 27.7 Å². The number of rotatable bonds is 4. The molecule has 0 radical (unpaired) electrons. The van der Waals surface area contributed by atoms with Crippen molar-refractivity contribution in [2.75, 3.05) is 5.32 Å². The van der Waals surface area contributed by atoms with Crippen LogP contribution in [-0.2, 0) is 0 Å². The highest BCUT2D eigenvalue weighted by atomic mass is 19.1. The van der Waals surface area contributed by atoms with Crippen LogP contribution in [0, 0.1) is 33.5 Å². The summed E-state index contributed by atoms with van der Waals surface area (Å²) >= 11 is 0. The third-order valence-electron chi connectivity index (χ3n) is 5.37. The molecule has 6 heteroatoms. The van der Waals surface area contributed by atoms with E-state index in [-0.39, 0.29) is 11.6 Å². The molecule has 5 nitrogen and oxygen atoms in total. The quantitative estimate of drug-likeness (QED) is 0.476. The van der Waals surface area contributed by atoms with Crippen LogP contribution in [0.5, 0.6) is 0 Å². The van der Waals surface area contributed by atoms with E-state index in [4.69, 9.17) is 0 Å². The normalized spacial score (nSPS) is 10.9. The second kappa shape index (κ2) is 8.14. The van der Waals surface area contributed by atoms with Crippen LogP contribution >= 0.6 is 0 Å². The second-order valence-electron chi connectivity index (χ2n) is 7.67. The van der Waals surface area contributed by atoms with Crippen molar-refractivity contribution < 1.29 is 9.18 Å². The molecule has 1 N–H and O–H groups in total. The summed E-state index contributed by atoms with van der Waals surface area (Å²) in [5.74, 6) is -0.229. The van der Waals surface area contributed by atoms with E-state index in [1.54, 1.807) is 16.8 Å². The van der Waals surface area contributed by atoms with Crippen molar-refractivity contribution in [1.29, 1.82) is 0 Å². The van der Waals surface area contributed by atoms with E-state index in [2.05, 4.69) is 15.4 Å². The van der Waals surface area contributed by atoms with Crippen LogP contribution in [-0.4, -0.2) is 20.7 Å². The van der Waals surface area contributed by atoms with Gasteiger partial charge in [-0.05, 0) is 86.3 Å². The minimum absolute atomic E-state index is 0.0419. The Bertz CT molecular complexity index is 1260. The monoisotopic (exact) mass is 414 g/mol. The minimum Gasteiger partial charge on any atom is -0.319 e. The number of aryl methyl sites for hydroxylation is 4. The average molecular weight is 414 g/mol. The van der Waals surface area contributed by atoms with Gasteiger partial charge < -0.3 is 5.32 Å². The summed E-state index contributed by atoms with van der Waals surface area (Å²) in [5, 5.41) is 7.44. The lowest BCUT2D eigenvalue weighted by Gasteiger charge is -2.09. The van der Waals surface area contributed by atoms with E-state index in [9.17, 15) is 9.18 Å². The highest BCUT2D eigenvalue weighted by Gasteiger charge is 2.20. The molecule has 4 aromatic rings. The number of carbonyl (C=O) groups is 1. The Labute approximate surface area is 180 Å². The van der Waals surface area contributed by atoms with Crippen LogP contribution in [0.3, 0.4) is 0 Å². The third kappa shape index (κ3) is 4.10. The molecule has 4 rings (SSSR count). The average Bonchev–Trinajstić information content (AvgIpc) is 3.19. The van der Waals surface area contributed by atoms with Gasteiger partial charge in [-0.2, -0.15) is 0 Å². The Balaban J connectivity index is 1.80. The largest absolute Gasteiger partial charge is 0.319 e. The summed E-state index contributed by atoms with van der Waals surface area (Å²) in [4.78, 5) is 17.5. The molecule has 31 heavy (non-hydrogen) atoms. The number of halogens is 1. The summed E-state index contributed by atoms with van der Waals surface area (Å²) in [6.45, 7) is 7.92. The first-order valence-corrected chi connectivity index (χ1v) is 10.0. The molecule has 1 heterocycles. The maximum absolute atomic E-state index is 13.5. The van der Waals surface area contributed by atoms with E-state index in [0.717, 1.165) is 33.6 Å². The molecule has 3 aromatic carbocycles. The van der Waals surface area contributed by atoms with Crippen LogP contribution in [0.4, 0.5) is 10.1 Å². The third-order valence-corrected chi connectivity index (χ3v) is 5.37. The minimum atomic E-state index is -0.400. The van der Waals surface area contributed by atoms with Gasteiger partial charge in [-0.25, -0.2) is 14.1 Å². The van der Waals surface area contributed by atoms with Crippen LogP contribution in [0.15, 0.2) is 60.7 Å². The van der Waals surface area contributed by atoms with E-state index in [1.165, 1.54) is 12.1 Å². The zero-order chi connectivity index (χ0) is 22.1. The van der Waals surface area contributed by atoms with Crippen LogP contribution in [0.1, 0.15) is 32.9 Å². The number of anilines is 1. The first-order valence-electron chi connectivity index (χ1n) is 10.0. The topological polar surface area (TPSA) is 59.8 Å². The number of carbonyl (C=O) groups excluding carboxylic acids is 1. The number of nitrogens with one attached hydrogen (secondary N) is 1. The van der Waals surface area contributed by atoms with Gasteiger partial charge in [-0.1, -0.05) is 24.3 Å². The molecule has 156 valence electrons. The van der Waals surface area contributed by atoms with Gasteiger partial charge in [-0.3, -0.25) is 4.79 Å². The SMILES string of the molecule is Cc1ccc(-n2nc(C(=O)Nc3c(C)cccc3C)nc2-c2ccc(F)cc2)cc1C. The zero-order valence-corrected chi connectivity index (χ0v) is 17.9. The standard InChI is InChI=1S/C25H23FN4O/c1-15-8-13-21(14-18(15)4)30-24(19-9-11-20(26)12-10-19)28-23(29-30)25(31)27-22-16(2)6-5-7-17(22)3/h5-14H,1-4H3,(H,27,31). The molecule has 0 saturated heterocycles. The van der Waals surface area contributed by atoms with Crippen molar-refractivity contribution in [2.24, 2.45) is 0 Å². The fourth-order valence-corrected chi connectivity index (χ4v) is 3.41. The maximum atomic E-state index is 13.5. The number of amides is 1. The van der Waals surface area contributed by atoms with Crippen LogP contribution in [0.25, 0.3) is 17.1 Å². The van der Waals surface area contributed by atoms with Gasteiger partial charge in [0.25, 0.3) is 5.91 Å². The fourth-order valence-electron chi connectivity index (χ4n) is 3.41. The number of aromatic nitrogens is 3. The van der Waals surface area contributed by atoms with Gasteiger partial charge in [0.2, 0.25) is 5.82 Å². The molecule has 0 fully saturated rings. The Morgan fingerprint density at radius 3 is 2.19 bits per heavy atom. The maximum Gasteiger partial charge on any atom is 0.295 e. The lowest BCUT2D eigenvalue weighted by atomic mass is 10.1. The van der Waals surface area contributed by atoms with E-state index >= 15 is 0 Å². The summed E-state index contributed by atoms with van der Waals surface area (Å²) in [6, 6.07) is 17.7. The molecule has 0 spiro atoms. The summed E-state index contributed by atoms with van der Waals surface area (Å²) < 4.78 is 15.1. The van der Waals surface area contributed by atoms with Gasteiger partial charge in [0, 0.05) is 11.3 Å². The number of nitrogens with zero attached hydrogens (tertiary/aromatic N) is 3. The van der Waals surface area contributed by atoms with Gasteiger partial charge in [0.1, 0.15) is 5.82 Å². The van der Waals surface area contributed by atoms with Crippen molar-refractivity contribution in [3.63, 3.8) is 0 Å². The molecular formula is C25H23FN4O.